The Morgan fingerprint density at radius 2 is 2.05 bits per heavy atom. The van der Waals surface area contributed by atoms with Gasteiger partial charge in [-0.25, -0.2) is 0 Å². The van der Waals surface area contributed by atoms with Crippen LogP contribution in [0, 0.1) is 5.92 Å². The molecule has 0 N–H and O–H groups in total. The number of amides is 1. The van der Waals surface area contributed by atoms with E-state index in [2.05, 4.69) is 6.92 Å². The van der Waals surface area contributed by atoms with Crippen molar-refractivity contribution in [1.29, 1.82) is 0 Å². The average Bonchev–Trinajstić information content (AvgIpc) is 2.38. The highest BCUT2D eigenvalue weighted by Crippen LogP contribution is 2.23. The second-order valence-corrected chi connectivity index (χ2v) is 5.09. The smallest absolute Gasteiger partial charge is 0.308 e. The van der Waals surface area contributed by atoms with E-state index in [1.807, 2.05) is 4.90 Å². The van der Waals surface area contributed by atoms with Crippen LogP contribution in [0.1, 0.15) is 37.0 Å². The summed E-state index contributed by atoms with van der Waals surface area (Å²) in [5, 5.41) is 0. The summed E-state index contributed by atoms with van der Waals surface area (Å²) < 4.78 is 5.10. The summed E-state index contributed by atoms with van der Waals surface area (Å²) in [6.45, 7) is 5.03. The summed E-state index contributed by atoms with van der Waals surface area (Å²) in [4.78, 5) is 25.4. The van der Waals surface area contributed by atoms with Gasteiger partial charge in [-0.1, -0.05) is 19.1 Å². The Balaban J connectivity index is 2.20. The Morgan fingerprint density at radius 3 is 2.74 bits per heavy atom. The quantitative estimate of drug-likeness (QED) is 0.607. The van der Waals surface area contributed by atoms with Crippen LogP contribution in [0.4, 0.5) is 0 Å². The van der Waals surface area contributed by atoms with Crippen molar-refractivity contribution in [3.8, 4) is 5.75 Å². The number of hydrogen-bond donors (Lipinski definition) is 0. The first kappa shape index (κ1) is 13.6. The maximum Gasteiger partial charge on any atom is 0.308 e. The predicted octanol–water partition coefficient (Wildman–Crippen LogP) is 2.48. The largest absolute Gasteiger partial charge is 0.426 e. The molecule has 2 rings (SSSR count). The van der Waals surface area contributed by atoms with E-state index < -0.39 is 5.97 Å². The van der Waals surface area contributed by atoms with Crippen LogP contribution in [0.2, 0.25) is 0 Å². The normalized spacial score (nSPS) is 19.1. The van der Waals surface area contributed by atoms with Gasteiger partial charge in [-0.15, -0.1) is 0 Å². The molecule has 1 aliphatic rings. The fourth-order valence-electron chi connectivity index (χ4n) is 2.43. The van der Waals surface area contributed by atoms with Gasteiger partial charge in [0, 0.05) is 20.0 Å². The molecule has 0 bridgehead atoms. The van der Waals surface area contributed by atoms with E-state index in [1.165, 1.54) is 6.92 Å². The van der Waals surface area contributed by atoms with E-state index in [-0.39, 0.29) is 5.91 Å². The first-order valence-corrected chi connectivity index (χ1v) is 6.64. The topological polar surface area (TPSA) is 46.6 Å². The van der Waals surface area contributed by atoms with E-state index in [1.54, 1.807) is 24.3 Å². The van der Waals surface area contributed by atoms with Gasteiger partial charge in [0.25, 0.3) is 5.91 Å². The third-order valence-corrected chi connectivity index (χ3v) is 3.32. The molecule has 0 spiro atoms. The van der Waals surface area contributed by atoms with Gasteiger partial charge >= 0.3 is 5.97 Å². The van der Waals surface area contributed by atoms with Crippen LogP contribution in [-0.2, 0) is 4.79 Å². The van der Waals surface area contributed by atoms with E-state index in [9.17, 15) is 9.59 Å². The van der Waals surface area contributed by atoms with Gasteiger partial charge in [0.15, 0.2) is 0 Å². The number of benzene rings is 1. The Morgan fingerprint density at radius 1 is 1.32 bits per heavy atom. The maximum atomic E-state index is 12.5. The fourth-order valence-corrected chi connectivity index (χ4v) is 2.43. The van der Waals surface area contributed by atoms with Crippen molar-refractivity contribution in [2.75, 3.05) is 13.1 Å². The Kier molecular flexibility index (Phi) is 4.20. The van der Waals surface area contributed by atoms with Crippen molar-refractivity contribution in [3.05, 3.63) is 29.8 Å². The molecule has 1 aromatic carbocycles. The summed E-state index contributed by atoms with van der Waals surface area (Å²) in [5.41, 5.74) is 0.465. The Hall–Kier alpha value is -1.84. The number of esters is 1. The van der Waals surface area contributed by atoms with Crippen molar-refractivity contribution < 1.29 is 14.3 Å². The van der Waals surface area contributed by atoms with Gasteiger partial charge < -0.3 is 9.64 Å². The zero-order chi connectivity index (χ0) is 13.8. The molecule has 1 fully saturated rings. The van der Waals surface area contributed by atoms with Gasteiger partial charge in [-0.2, -0.15) is 0 Å². The molecule has 1 aromatic rings. The Bertz CT molecular complexity index is 484. The predicted molar refractivity (Wildman–Crippen MR) is 72.1 cm³/mol. The molecule has 19 heavy (non-hydrogen) atoms. The zero-order valence-corrected chi connectivity index (χ0v) is 11.4. The number of carbonyl (C=O) groups is 2. The zero-order valence-electron chi connectivity index (χ0n) is 11.4. The lowest BCUT2D eigenvalue weighted by Gasteiger charge is -2.31. The van der Waals surface area contributed by atoms with Crippen molar-refractivity contribution in [1.82, 2.24) is 4.90 Å². The van der Waals surface area contributed by atoms with Crippen molar-refractivity contribution >= 4 is 11.9 Å². The average molecular weight is 261 g/mol. The molecule has 1 saturated heterocycles. The van der Waals surface area contributed by atoms with Crippen molar-refractivity contribution in [2.45, 2.75) is 26.7 Å². The molecule has 0 radical (unpaired) electrons. The summed E-state index contributed by atoms with van der Waals surface area (Å²) in [7, 11) is 0. The lowest BCUT2D eigenvalue weighted by molar-refractivity contribution is -0.131. The summed E-state index contributed by atoms with van der Waals surface area (Å²) >= 11 is 0. The second kappa shape index (κ2) is 5.87. The number of piperidine rings is 1. The molecular formula is C15H19NO3. The molecule has 1 atom stereocenters. The van der Waals surface area contributed by atoms with Gasteiger partial charge in [0.2, 0.25) is 0 Å². The molecule has 0 saturated carbocycles. The van der Waals surface area contributed by atoms with Gasteiger partial charge in [0.1, 0.15) is 5.75 Å². The SMILES string of the molecule is CC(=O)Oc1ccccc1C(=O)N1CCC[C@@H](C)C1. The van der Waals surface area contributed by atoms with E-state index >= 15 is 0 Å². The molecular weight excluding hydrogens is 242 g/mol. The highest BCUT2D eigenvalue weighted by molar-refractivity contribution is 5.97. The monoisotopic (exact) mass is 261 g/mol. The van der Waals surface area contributed by atoms with Gasteiger partial charge in [0.05, 0.1) is 5.56 Å². The minimum absolute atomic E-state index is 0.0524. The number of ether oxygens (including phenoxy) is 1. The van der Waals surface area contributed by atoms with E-state index in [0.717, 1.165) is 25.9 Å². The minimum atomic E-state index is -0.410. The van der Waals surface area contributed by atoms with Crippen molar-refractivity contribution in [2.24, 2.45) is 5.92 Å². The summed E-state index contributed by atoms with van der Waals surface area (Å²) in [5.74, 6) is 0.410. The molecule has 1 amide bonds. The number of likely N-dealkylation sites (tertiary alicyclic amines) is 1. The highest BCUT2D eigenvalue weighted by atomic mass is 16.5. The number of rotatable bonds is 2. The number of hydrogen-bond acceptors (Lipinski definition) is 3. The van der Waals surface area contributed by atoms with Gasteiger partial charge in [-0.3, -0.25) is 9.59 Å². The fraction of sp³-hybridized carbons (Fsp3) is 0.467. The minimum Gasteiger partial charge on any atom is -0.426 e. The van der Waals surface area contributed by atoms with Crippen LogP contribution in [0.15, 0.2) is 24.3 Å². The van der Waals surface area contributed by atoms with Crippen LogP contribution < -0.4 is 4.74 Å². The third kappa shape index (κ3) is 3.34. The second-order valence-electron chi connectivity index (χ2n) is 5.09. The van der Waals surface area contributed by atoms with Gasteiger partial charge in [-0.05, 0) is 30.9 Å². The third-order valence-electron chi connectivity index (χ3n) is 3.32. The standard InChI is InChI=1S/C15H19NO3/c1-11-6-5-9-16(10-11)15(18)13-7-3-4-8-14(13)19-12(2)17/h3-4,7-8,11H,5-6,9-10H2,1-2H3/t11-/m1/s1. The van der Waals surface area contributed by atoms with Crippen LogP contribution in [0.3, 0.4) is 0 Å². The maximum absolute atomic E-state index is 12.5. The molecule has 1 aliphatic heterocycles. The molecule has 1 heterocycles. The van der Waals surface area contributed by atoms with E-state index in [0.29, 0.717) is 17.2 Å². The summed E-state index contributed by atoms with van der Waals surface area (Å²) in [6, 6.07) is 6.91. The Labute approximate surface area is 113 Å². The lowest BCUT2D eigenvalue weighted by atomic mass is 9.99. The van der Waals surface area contributed by atoms with Crippen molar-refractivity contribution in [3.63, 3.8) is 0 Å². The number of para-hydroxylation sites is 1. The van der Waals surface area contributed by atoms with Crippen LogP contribution in [0.5, 0.6) is 5.75 Å². The molecule has 4 heteroatoms. The van der Waals surface area contributed by atoms with E-state index in [4.69, 9.17) is 4.74 Å². The number of carbonyl (C=O) groups excluding carboxylic acids is 2. The highest BCUT2D eigenvalue weighted by Gasteiger charge is 2.24. The molecule has 0 aliphatic carbocycles. The van der Waals surface area contributed by atoms with Crippen LogP contribution >= 0.6 is 0 Å². The number of nitrogens with zero attached hydrogens (tertiary/aromatic N) is 1. The van der Waals surface area contributed by atoms with Crippen LogP contribution in [-0.4, -0.2) is 29.9 Å². The lowest BCUT2D eigenvalue weighted by Crippen LogP contribution is -2.39. The first-order valence-electron chi connectivity index (χ1n) is 6.64. The van der Waals surface area contributed by atoms with Crippen LogP contribution in [0.25, 0.3) is 0 Å². The molecule has 4 nitrogen and oxygen atoms in total. The molecule has 0 unspecified atom stereocenters. The molecule has 102 valence electrons. The summed E-state index contributed by atoms with van der Waals surface area (Å²) in [6.07, 6.45) is 2.19. The first-order chi connectivity index (χ1) is 9.08. The molecule has 0 aromatic heterocycles.